The van der Waals surface area contributed by atoms with Crippen molar-refractivity contribution in [3.05, 3.63) is 0 Å². The van der Waals surface area contributed by atoms with E-state index in [9.17, 15) is 0 Å². The monoisotopic (exact) mass is 521 g/mol. The molecule has 0 aromatic rings. The zero-order valence-corrected chi connectivity index (χ0v) is 12.2. The van der Waals surface area contributed by atoms with E-state index in [4.69, 9.17) is 0 Å². The molecule has 0 aromatic carbocycles. The molecular weight excluding hydrogens is 522 g/mol. The molecule has 0 amide bonds. The van der Waals surface area contributed by atoms with E-state index in [1.54, 1.807) is 0 Å². The molecule has 0 aromatic heterocycles. The normalized spacial score (nSPS) is 0. The van der Waals surface area contributed by atoms with E-state index in [0.29, 0.717) is 0 Å². The van der Waals surface area contributed by atoms with Gasteiger partial charge in [0.05, 0.1) is 0 Å². The minimum atomic E-state index is 0. The van der Waals surface area contributed by atoms with Gasteiger partial charge in [-0.3, -0.25) is 0 Å². The summed E-state index contributed by atoms with van der Waals surface area (Å²) in [7, 11) is 0. The standard InChI is InChI=1S/6ClH.Eu.Gd/h6*1H;;/q;;;;;;2*+3/p-6. The van der Waals surface area contributed by atoms with Crippen LogP contribution >= 0.6 is 0 Å². The van der Waals surface area contributed by atoms with Gasteiger partial charge in [-0.15, -0.1) is 0 Å². The van der Waals surface area contributed by atoms with E-state index in [-0.39, 0.29) is 164 Å². The molecule has 8 heavy (non-hydrogen) atoms. The summed E-state index contributed by atoms with van der Waals surface area (Å²) in [6.45, 7) is 0. The quantitative estimate of drug-likeness (QED) is 0.297. The molecule has 1 radical (unpaired) electrons. The Labute approximate surface area is 160 Å². The fourth-order valence-electron chi connectivity index (χ4n) is 0. The second-order valence-electron chi connectivity index (χ2n) is 0. The maximum atomic E-state index is 0. The Bertz CT molecular complexity index is 8.49. The van der Waals surface area contributed by atoms with Crippen molar-refractivity contribution in [2.24, 2.45) is 0 Å². The fraction of sp³-hybridized carbons (Fsp3) is 0. The summed E-state index contributed by atoms with van der Waals surface area (Å²) in [5, 5.41) is 0. The van der Waals surface area contributed by atoms with Crippen LogP contribution < -0.4 is 74.4 Å². The molecule has 0 saturated carbocycles. The van der Waals surface area contributed by atoms with Crippen LogP contribution in [0.15, 0.2) is 0 Å². The third kappa shape index (κ3) is 45.9. The maximum Gasteiger partial charge on any atom is 3.00 e. The first-order chi connectivity index (χ1) is 0. The Morgan fingerprint density at radius 2 is 0.375 bits per heavy atom. The van der Waals surface area contributed by atoms with Crippen molar-refractivity contribution in [1.82, 2.24) is 0 Å². The van der Waals surface area contributed by atoms with Crippen molar-refractivity contribution in [2.75, 3.05) is 0 Å². The van der Waals surface area contributed by atoms with Crippen LogP contribution in [0.25, 0.3) is 0 Å². The largest absolute Gasteiger partial charge is 3.00 e. The van der Waals surface area contributed by atoms with Crippen molar-refractivity contribution in [3.63, 3.8) is 0 Å². The Morgan fingerprint density at radius 3 is 0.375 bits per heavy atom. The summed E-state index contributed by atoms with van der Waals surface area (Å²) in [4.78, 5) is 0. The molecule has 0 nitrogen and oxygen atoms in total. The zero-order chi connectivity index (χ0) is 0. The molecule has 57 valence electrons. The van der Waals surface area contributed by atoms with Crippen molar-refractivity contribution >= 4 is 0 Å². The topological polar surface area (TPSA) is 0 Å². The summed E-state index contributed by atoms with van der Waals surface area (Å²) < 4.78 is 0. The van der Waals surface area contributed by atoms with Crippen LogP contribution in [0.1, 0.15) is 0 Å². The summed E-state index contributed by atoms with van der Waals surface area (Å²) in [5.41, 5.74) is 0. The van der Waals surface area contributed by atoms with Crippen LogP contribution in [0.3, 0.4) is 0 Å². The van der Waals surface area contributed by atoms with E-state index in [1.165, 1.54) is 0 Å². The average Bonchev–Trinajstić information content (AvgIpc) is 0. The van der Waals surface area contributed by atoms with Crippen LogP contribution in [0.4, 0.5) is 0 Å². The van der Waals surface area contributed by atoms with E-state index >= 15 is 0 Å². The molecule has 0 heterocycles. The van der Waals surface area contributed by atoms with Gasteiger partial charge in [0.25, 0.3) is 0 Å². The molecule has 0 fully saturated rings. The minimum absolute atomic E-state index is 0. The van der Waals surface area contributed by atoms with Gasteiger partial charge in [-0.2, -0.15) is 0 Å². The average molecular weight is 522 g/mol. The summed E-state index contributed by atoms with van der Waals surface area (Å²) in [5.74, 6) is 0. The van der Waals surface area contributed by atoms with E-state index in [1.807, 2.05) is 0 Å². The van der Waals surface area contributed by atoms with Gasteiger partial charge in [0.1, 0.15) is 0 Å². The van der Waals surface area contributed by atoms with Gasteiger partial charge >= 0.3 is 89.3 Å². The van der Waals surface area contributed by atoms with Crippen LogP contribution in [0.5, 0.6) is 0 Å². The molecule has 0 aliphatic carbocycles. The molecule has 0 aliphatic rings. The van der Waals surface area contributed by atoms with Crippen LogP contribution in [-0.2, 0) is 0 Å². The second-order valence-corrected chi connectivity index (χ2v) is 0. The van der Waals surface area contributed by atoms with Crippen LogP contribution in [0.2, 0.25) is 0 Å². The number of hydrogen-bond acceptors (Lipinski definition) is 0. The summed E-state index contributed by atoms with van der Waals surface area (Å²) in [6.07, 6.45) is 0. The SMILES string of the molecule is [Cl-].[Cl-].[Cl-].[Cl-].[Cl-].[Cl-].[Eu+3].[Gd+3]. The van der Waals surface area contributed by atoms with Gasteiger partial charge in [0.15, 0.2) is 0 Å². The first-order valence-electron chi connectivity index (χ1n) is 0. The summed E-state index contributed by atoms with van der Waals surface area (Å²) >= 11 is 0. The fourth-order valence-corrected chi connectivity index (χ4v) is 0. The smallest absolute Gasteiger partial charge is 1.00 e. The number of hydrogen-bond donors (Lipinski definition) is 0. The van der Waals surface area contributed by atoms with Gasteiger partial charge in [0.2, 0.25) is 0 Å². The first-order valence-corrected chi connectivity index (χ1v) is 0. The van der Waals surface area contributed by atoms with Crippen LogP contribution in [-0.4, -0.2) is 0 Å². The van der Waals surface area contributed by atoms with Crippen molar-refractivity contribution in [1.29, 1.82) is 0 Å². The molecule has 0 spiro atoms. The van der Waals surface area contributed by atoms with Gasteiger partial charge in [-0.25, -0.2) is 0 Å². The first kappa shape index (κ1) is 79.4. The van der Waals surface area contributed by atoms with Gasteiger partial charge in [-0.05, 0) is 0 Å². The third-order valence-corrected chi connectivity index (χ3v) is 0. The van der Waals surface area contributed by atoms with Gasteiger partial charge < -0.3 is 74.4 Å². The van der Waals surface area contributed by atoms with Gasteiger partial charge in [-0.1, -0.05) is 0 Å². The second kappa shape index (κ2) is 61.1. The molecule has 0 atom stereocenters. The molecule has 0 N–H and O–H groups in total. The molecular formula is Cl6EuGd. The predicted molar refractivity (Wildman–Crippen MR) is 0 cm³/mol. The minimum Gasteiger partial charge on any atom is -1.00 e. The number of rotatable bonds is 0. The molecule has 8 heteroatoms. The molecule has 0 saturated heterocycles. The maximum absolute atomic E-state index is 0. The third-order valence-electron chi connectivity index (χ3n) is 0. The van der Waals surface area contributed by atoms with Crippen molar-refractivity contribution in [3.8, 4) is 0 Å². The Hall–Kier alpha value is 4.65. The van der Waals surface area contributed by atoms with E-state index in [2.05, 4.69) is 0 Å². The predicted octanol–water partition coefficient (Wildman–Crippen LogP) is -18.0. The molecule has 0 bridgehead atoms. The Balaban J connectivity index is 0. The van der Waals surface area contributed by atoms with Crippen molar-refractivity contribution < 1.29 is 164 Å². The van der Waals surface area contributed by atoms with Crippen LogP contribution in [0, 0.1) is 89.3 Å². The Morgan fingerprint density at radius 1 is 0.375 bits per heavy atom. The van der Waals surface area contributed by atoms with E-state index in [0.717, 1.165) is 0 Å². The van der Waals surface area contributed by atoms with Gasteiger partial charge in [0, 0.05) is 0 Å². The van der Waals surface area contributed by atoms with E-state index < -0.39 is 0 Å². The molecule has 0 unspecified atom stereocenters. The molecule has 0 rings (SSSR count). The zero-order valence-electron chi connectivity index (χ0n) is 3.00. The summed E-state index contributed by atoms with van der Waals surface area (Å²) in [6, 6.07) is 0. The van der Waals surface area contributed by atoms with Crippen molar-refractivity contribution in [2.45, 2.75) is 0 Å². The Kier molecular flexibility index (Phi) is 607. The number of halogens is 6. The molecule has 0 aliphatic heterocycles.